The number of halogens is 2. The SMILES string of the molecule is CCCCCCCCOc1cc(Cl)cc(Cl)c1. The van der Waals surface area contributed by atoms with Gasteiger partial charge in [-0.3, -0.25) is 0 Å². The van der Waals surface area contributed by atoms with E-state index >= 15 is 0 Å². The molecule has 0 aliphatic rings. The van der Waals surface area contributed by atoms with Crippen LogP contribution in [0.15, 0.2) is 18.2 Å². The minimum atomic E-state index is 0.621. The number of hydrogen-bond acceptors (Lipinski definition) is 1. The molecule has 1 aromatic carbocycles. The van der Waals surface area contributed by atoms with Crippen LogP contribution in [0.1, 0.15) is 45.4 Å². The molecule has 96 valence electrons. The van der Waals surface area contributed by atoms with Crippen molar-refractivity contribution in [3.63, 3.8) is 0 Å². The predicted octanol–water partition coefficient (Wildman–Crippen LogP) is 5.73. The molecule has 0 bridgehead atoms. The van der Waals surface area contributed by atoms with Crippen LogP contribution in [-0.2, 0) is 0 Å². The summed E-state index contributed by atoms with van der Waals surface area (Å²) in [4.78, 5) is 0. The van der Waals surface area contributed by atoms with E-state index in [1.54, 1.807) is 18.2 Å². The second-order valence-electron chi connectivity index (χ2n) is 4.22. The van der Waals surface area contributed by atoms with E-state index in [9.17, 15) is 0 Å². The van der Waals surface area contributed by atoms with Gasteiger partial charge in [0.15, 0.2) is 0 Å². The Morgan fingerprint density at radius 3 is 2.12 bits per heavy atom. The normalized spacial score (nSPS) is 10.5. The van der Waals surface area contributed by atoms with Gasteiger partial charge in [-0.15, -0.1) is 0 Å². The van der Waals surface area contributed by atoms with Crippen molar-refractivity contribution in [3.05, 3.63) is 28.2 Å². The minimum Gasteiger partial charge on any atom is -0.493 e. The lowest BCUT2D eigenvalue weighted by Gasteiger charge is -2.07. The summed E-state index contributed by atoms with van der Waals surface area (Å²) in [5.74, 6) is 0.760. The average Bonchev–Trinajstić information content (AvgIpc) is 2.26. The molecule has 3 heteroatoms. The van der Waals surface area contributed by atoms with Gasteiger partial charge in [0, 0.05) is 10.0 Å². The van der Waals surface area contributed by atoms with Crippen molar-refractivity contribution in [2.45, 2.75) is 45.4 Å². The highest BCUT2D eigenvalue weighted by atomic mass is 35.5. The zero-order valence-corrected chi connectivity index (χ0v) is 11.9. The van der Waals surface area contributed by atoms with Gasteiger partial charge in [-0.05, 0) is 24.6 Å². The van der Waals surface area contributed by atoms with Crippen LogP contribution in [0, 0.1) is 0 Å². The van der Waals surface area contributed by atoms with Crippen LogP contribution in [0.4, 0.5) is 0 Å². The molecule has 1 nitrogen and oxygen atoms in total. The van der Waals surface area contributed by atoms with E-state index in [-0.39, 0.29) is 0 Å². The molecule has 0 saturated carbocycles. The Bertz CT molecular complexity index is 306. The monoisotopic (exact) mass is 274 g/mol. The van der Waals surface area contributed by atoms with Gasteiger partial charge in [0.25, 0.3) is 0 Å². The molecule has 0 spiro atoms. The Hall–Kier alpha value is -0.400. The van der Waals surface area contributed by atoms with Gasteiger partial charge in [0.05, 0.1) is 6.61 Å². The number of rotatable bonds is 8. The van der Waals surface area contributed by atoms with Crippen LogP contribution in [0.5, 0.6) is 5.75 Å². The molecule has 1 rings (SSSR count). The van der Waals surface area contributed by atoms with Gasteiger partial charge < -0.3 is 4.74 Å². The first-order valence-electron chi connectivity index (χ1n) is 6.31. The Kier molecular flexibility index (Phi) is 7.46. The molecule has 0 fully saturated rings. The molecular formula is C14H20Cl2O. The summed E-state index contributed by atoms with van der Waals surface area (Å²) in [6.45, 7) is 2.97. The lowest BCUT2D eigenvalue weighted by atomic mass is 10.1. The number of ether oxygens (including phenoxy) is 1. The molecule has 0 aliphatic carbocycles. The molecule has 0 unspecified atom stereocenters. The van der Waals surface area contributed by atoms with Crippen LogP contribution in [0.3, 0.4) is 0 Å². The first-order chi connectivity index (χ1) is 8.22. The summed E-state index contributed by atoms with van der Waals surface area (Å²) in [5, 5.41) is 1.24. The largest absolute Gasteiger partial charge is 0.493 e. The molecule has 0 saturated heterocycles. The fourth-order valence-electron chi connectivity index (χ4n) is 1.68. The van der Waals surface area contributed by atoms with E-state index < -0.39 is 0 Å². The average molecular weight is 275 g/mol. The second-order valence-corrected chi connectivity index (χ2v) is 5.09. The summed E-state index contributed by atoms with van der Waals surface area (Å²) in [7, 11) is 0. The Balaban J connectivity index is 2.13. The number of unbranched alkanes of at least 4 members (excludes halogenated alkanes) is 5. The van der Waals surface area contributed by atoms with Crippen LogP contribution in [0.2, 0.25) is 10.0 Å². The summed E-state index contributed by atoms with van der Waals surface area (Å²) in [6.07, 6.45) is 7.58. The van der Waals surface area contributed by atoms with Crippen LogP contribution >= 0.6 is 23.2 Å². The fraction of sp³-hybridized carbons (Fsp3) is 0.571. The molecule has 0 amide bonds. The first kappa shape index (κ1) is 14.7. The summed E-state index contributed by atoms with van der Waals surface area (Å²) < 4.78 is 5.61. The van der Waals surface area contributed by atoms with Crippen molar-refractivity contribution < 1.29 is 4.74 Å². The highest BCUT2D eigenvalue weighted by Crippen LogP contribution is 2.24. The fourth-order valence-corrected chi connectivity index (χ4v) is 2.19. The third-order valence-electron chi connectivity index (χ3n) is 2.60. The molecule has 0 aliphatic heterocycles. The maximum atomic E-state index is 5.88. The van der Waals surface area contributed by atoms with Crippen LogP contribution < -0.4 is 4.74 Å². The summed E-state index contributed by atoms with van der Waals surface area (Å²) in [6, 6.07) is 5.30. The second kappa shape index (κ2) is 8.66. The van der Waals surface area contributed by atoms with Gasteiger partial charge in [0.1, 0.15) is 5.75 Å². The lowest BCUT2D eigenvalue weighted by Crippen LogP contribution is -1.97. The third kappa shape index (κ3) is 6.80. The van der Waals surface area contributed by atoms with Crippen molar-refractivity contribution in [1.82, 2.24) is 0 Å². The summed E-state index contributed by atoms with van der Waals surface area (Å²) in [5.41, 5.74) is 0. The topological polar surface area (TPSA) is 9.23 Å². The van der Waals surface area contributed by atoms with E-state index in [0.717, 1.165) is 18.8 Å². The van der Waals surface area contributed by atoms with Crippen molar-refractivity contribution >= 4 is 23.2 Å². The summed E-state index contributed by atoms with van der Waals surface area (Å²) >= 11 is 11.8. The zero-order chi connectivity index (χ0) is 12.5. The Labute approximate surface area is 114 Å². The van der Waals surface area contributed by atoms with Gasteiger partial charge in [-0.25, -0.2) is 0 Å². The maximum Gasteiger partial charge on any atom is 0.122 e. The van der Waals surface area contributed by atoms with E-state index in [1.165, 1.54) is 32.1 Å². The highest BCUT2D eigenvalue weighted by Gasteiger charge is 1.99. The van der Waals surface area contributed by atoms with E-state index in [0.29, 0.717) is 10.0 Å². The smallest absolute Gasteiger partial charge is 0.122 e. The predicted molar refractivity (Wildman–Crippen MR) is 75.3 cm³/mol. The van der Waals surface area contributed by atoms with Crippen molar-refractivity contribution in [3.8, 4) is 5.75 Å². The molecule has 0 radical (unpaired) electrons. The number of benzene rings is 1. The lowest BCUT2D eigenvalue weighted by molar-refractivity contribution is 0.304. The standard InChI is InChI=1S/C14H20Cl2O/c1-2-3-4-5-6-7-8-17-14-10-12(15)9-13(16)11-14/h9-11H,2-8H2,1H3. The maximum absolute atomic E-state index is 5.88. The van der Waals surface area contributed by atoms with Crippen molar-refractivity contribution in [2.24, 2.45) is 0 Å². The van der Waals surface area contributed by atoms with E-state index in [4.69, 9.17) is 27.9 Å². The van der Waals surface area contributed by atoms with E-state index in [2.05, 4.69) is 6.92 Å². The molecule has 0 aromatic heterocycles. The zero-order valence-electron chi connectivity index (χ0n) is 10.3. The van der Waals surface area contributed by atoms with Crippen molar-refractivity contribution in [1.29, 1.82) is 0 Å². The Morgan fingerprint density at radius 2 is 1.47 bits per heavy atom. The van der Waals surface area contributed by atoms with Crippen molar-refractivity contribution in [2.75, 3.05) is 6.61 Å². The van der Waals surface area contributed by atoms with Gasteiger partial charge >= 0.3 is 0 Å². The Morgan fingerprint density at radius 1 is 0.882 bits per heavy atom. The molecule has 0 heterocycles. The van der Waals surface area contributed by atoms with Gasteiger partial charge in [-0.1, -0.05) is 62.2 Å². The van der Waals surface area contributed by atoms with Gasteiger partial charge in [-0.2, -0.15) is 0 Å². The molecule has 17 heavy (non-hydrogen) atoms. The number of hydrogen-bond donors (Lipinski definition) is 0. The van der Waals surface area contributed by atoms with E-state index in [1.807, 2.05) is 0 Å². The van der Waals surface area contributed by atoms with Crippen LogP contribution in [0.25, 0.3) is 0 Å². The highest BCUT2D eigenvalue weighted by molar-refractivity contribution is 6.34. The molecule has 0 N–H and O–H groups in total. The molecule has 0 atom stereocenters. The van der Waals surface area contributed by atoms with Crippen LogP contribution in [-0.4, -0.2) is 6.61 Å². The molecular weight excluding hydrogens is 255 g/mol. The quantitative estimate of drug-likeness (QED) is 0.550. The van der Waals surface area contributed by atoms with Gasteiger partial charge in [0.2, 0.25) is 0 Å². The first-order valence-corrected chi connectivity index (χ1v) is 7.07. The minimum absolute atomic E-state index is 0.621. The molecule has 1 aromatic rings. The third-order valence-corrected chi connectivity index (χ3v) is 3.04.